The Bertz CT molecular complexity index is 1240. The first-order chi connectivity index (χ1) is 13.9. The van der Waals surface area contributed by atoms with Crippen LogP contribution in [0.25, 0.3) is 21.8 Å². The number of nitrogens with two attached hydrogens (primary N) is 1. The molecule has 29 heavy (non-hydrogen) atoms. The van der Waals surface area contributed by atoms with Gasteiger partial charge in [-0.3, -0.25) is 4.79 Å². The van der Waals surface area contributed by atoms with Crippen LogP contribution in [0, 0.1) is 12.7 Å². The minimum absolute atomic E-state index is 0.100. The number of rotatable bonds is 3. The van der Waals surface area contributed by atoms with Gasteiger partial charge < -0.3 is 10.3 Å². The molecule has 4 aromatic rings. The maximum atomic E-state index is 14.2. The van der Waals surface area contributed by atoms with Gasteiger partial charge in [-0.15, -0.1) is 0 Å². The third kappa shape index (κ3) is 3.46. The van der Waals surface area contributed by atoms with Crippen LogP contribution >= 0.6 is 0 Å². The Balaban J connectivity index is 0.00000117. The van der Waals surface area contributed by atoms with Crippen molar-refractivity contribution >= 4 is 27.6 Å². The first-order valence-corrected chi connectivity index (χ1v) is 9.64. The maximum Gasteiger partial charge on any atom is 0.261 e. The normalized spacial score (nSPS) is 11.1. The van der Waals surface area contributed by atoms with Crippen LogP contribution in [-0.2, 0) is 6.54 Å². The quantitative estimate of drug-likeness (QED) is 0.568. The van der Waals surface area contributed by atoms with Crippen molar-refractivity contribution < 1.29 is 4.39 Å². The molecule has 0 atom stereocenters. The highest BCUT2D eigenvalue weighted by atomic mass is 19.1. The third-order valence-corrected chi connectivity index (χ3v) is 4.67. The summed E-state index contributed by atoms with van der Waals surface area (Å²) in [7, 11) is 0. The van der Waals surface area contributed by atoms with Crippen molar-refractivity contribution in [3.63, 3.8) is 0 Å². The molecule has 2 N–H and O–H groups in total. The van der Waals surface area contributed by atoms with Crippen LogP contribution in [0.15, 0.2) is 35.4 Å². The number of nitrogens with zero attached hydrogens (tertiary/aromatic N) is 5. The lowest BCUT2D eigenvalue weighted by Crippen LogP contribution is -2.27. The number of anilines is 1. The third-order valence-electron chi connectivity index (χ3n) is 4.67. The molecular weight excluding hydrogens is 371 g/mol. The minimum atomic E-state index is -0.514. The molecule has 0 amide bonds. The standard InChI is InChI=1S/C19H19FN6O.C2H6/c1-10(2)26-13(7-12-5-4-6-14(20)16(12)19(26)27)8-25-18-15(11(3)24-25)17(21)22-9-23-18;1-2/h4-7,9-10H,8H2,1-3H3,(H2,21,22,23);1-2H3. The average molecular weight is 396 g/mol. The zero-order chi connectivity index (χ0) is 21.3. The van der Waals surface area contributed by atoms with E-state index < -0.39 is 5.82 Å². The SMILES string of the molecule is CC.Cc1nn(Cc2cc3cccc(F)c3c(=O)n2C(C)C)c2ncnc(N)c12. The Hall–Kier alpha value is -3.29. The predicted octanol–water partition coefficient (Wildman–Crippen LogP) is 3.83. The van der Waals surface area contributed by atoms with Crippen LogP contribution in [0.1, 0.15) is 45.1 Å². The molecule has 0 saturated heterocycles. The Labute approximate surface area is 168 Å². The molecule has 0 saturated carbocycles. The zero-order valence-corrected chi connectivity index (χ0v) is 17.3. The monoisotopic (exact) mass is 396 g/mol. The molecule has 0 bridgehead atoms. The first kappa shape index (κ1) is 20.4. The van der Waals surface area contributed by atoms with Gasteiger partial charge in [0.15, 0.2) is 5.65 Å². The van der Waals surface area contributed by atoms with Crippen LogP contribution in [0.3, 0.4) is 0 Å². The van der Waals surface area contributed by atoms with Crippen molar-refractivity contribution in [2.24, 2.45) is 0 Å². The van der Waals surface area contributed by atoms with E-state index in [0.717, 1.165) is 5.69 Å². The second-order valence-electron chi connectivity index (χ2n) is 6.81. The van der Waals surface area contributed by atoms with Crippen LogP contribution < -0.4 is 11.3 Å². The molecule has 1 aromatic carbocycles. The van der Waals surface area contributed by atoms with E-state index in [1.54, 1.807) is 21.4 Å². The Morgan fingerprint density at radius 2 is 1.90 bits per heavy atom. The molecule has 0 aliphatic heterocycles. The topological polar surface area (TPSA) is 91.6 Å². The van der Waals surface area contributed by atoms with Gasteiger partial charge in [0.05, 0.1) is 23.0 Å². The molecule has 0 aliphatic carbocycles. The summed E-state index contributed by atoms with van der Waals surface area (Å²) in [6.45, 7) is 9.93. The maximum absolute atomic E-state index is 14.2. The highest BCUT2D eigenvalue weighted by molar-refractivity contribution is 5.88. The number of halogens is 1. The lowest BCUT2D eigenvalue weighted by molar-refractivity contribution is 0.530. The number of nitrogen functional groups attached to an aromatic ring is 1. The number of pyridine rings is 1. The number of aryl methyl sites for hydroxylation is 1. The van der Waals surface area contributed by atoms with Gasteiger partial charge in [0.2, 0.25) is 0 Å². The van der Waals surface area contributed by atoms with Crippen molar-refractivity contribution in [3.05, 3.63) is 58.2 Å². The van der Waals surface area contributed by atoms with Gasteiger partial charge in [-0.25, -0.2) is 19.0 Å². The Morgan fingerprint density at radius 3 is 2.59 bits per heavy atom. The summed E-state index contributed by atoms with van der Waals surface area (Å²) < 4.78 is 17.5. The van der Waals surface area contributed by atoms with Crippen molar-refractivity contribution in [1.29, 1.82) is 0 Å². The van der Waals surface area contributed by atoms with Crippen molar-refractivity contribution in [2.75, 3.05) is 5.73 Å². The fraction of sp³-hybridized carbons (Fsp3) is 0.333. The average Bonchev–Trinajstić information content (AvgIpc) is 2.99. The van der Waals surface area contributed by atoms with Crippen LogP contribution in [0.4, 0.5) is 10.2 Å². The lowest BCUT2D eigenvalue weighted by atomic mass is 10.1. The molecule has 7 nitrogen and oxygen atoms in total. The van der Waals surface area contributed by atoms with Gasteiger partial charge in [0.1, 0.15) is 18.0 Å². The summed E-state index contributed by atoms with van der Waals surface area (Å²) in [6, 6.07) is 6.33. The molecule has 0 fully saturated rings. The number of benzene rings is 1. The van der Waals surface area contributed by atoms with Gasteiger partial charge in [0.25, 0.3) is 5.56 Å². The summed E-state index contributed by atoms with van der Waals surface area (Å²) in [5.41, 5.74) is 7.64. The lowest BCUT2D eigenvalue weighted by Gasteiger charge is -2.18. The van der Waals surface area contributed by atoms with E-state index in [1.807, 2.05) is 40.7 Å². The predicted molar refractivity (Wildman–Crippen MR) is 113 cm³/mol. The van der Waals surface area contributed by atoms with Gasteiger partial charge in [-0.05, 0) is 38.3 Å². The number of aromatic nitrogens is 5. The summed E-state index contributed by atoms with van der Waals surface area (Å²) in [4.78, 5) is 21.3. The Morgan fingerprint density at radius 1 is 1.17 bits per heavy atom. The van der Waals surface area contributed by atoms with Gasteiger partial charge >= 0.3 is 0 Å². The molecule has 152 valence electrons. The summed E-state index contributed by atoms with van der Waals surface area (Å²) in [6.07, 6.45) is 1.39. The molecule has 0 spiro atoms. The summed E-state index contributed by atoms with van der Waals surface area (Å²) >= 11 is 0. The van der Waals surface area contributed by atoms with Crippen LogP contribution in [-0.4, -0.2) is 24.3 Å². The van der Waals surface area contributed by atoms with E-state index in [9.17, 15) is 9.18 Å². The minimum Gasteiger partial charge on any atom is -0.383 e. The molecule has 0 aliphatic rings. The van der Waals surface area contributed by atoms with Crippen molar-refractivity contribution in [1.82, 2.24) is 24.3 Å². The van der Waals surface area contributed by atoms with Crippen LogP contribution in [0.2, 0.25) is 0 Å². The highest BCUT2D eigenvalue weighted by Gasteiger charge is 2.18. The number of hydrogen-bond donors (Lipinski definition) is 1. The van der Waals surface area contributed by atoms with Gasteiger partial charge in [-0.1, -0.05) is 26.0 Å². The van der Waals surface area contributed by atoms with Crippen molar-refractivity contribution in [2.45, 2.75) is 47.2 Å². The molecule has 8 heteroatoms. The molecular formula is C21H25FN6O. The molecule has 3 aromatic heterocycles. The largest absolute Gasteiger partial charge is 0.383 e. The van der Waals surface area contributed by atoms with E-state index in [4.69, 9.17) is 5.73 Å². The summed E-state index contributed by atoms with van der Waals surface area (Å²) in [5, 5.41) is 5.88. The molecule has 0 radical (unpaired) electrons. The molecule has 4 rings (SSSR count). The first-order valence-electron chi connectivity index (χ1n) is 9.64. The highest BCUT2D eigenvalue weighted by Crippen LogP contribution is 2.23. The van der Waals surface area contributed by atoms with E-state index >= 15 is 0 Å². The van der Waals surface area contributed by atoms with Crippen LogP contribution in [0.5, 0.6) is 0 Å². The number of hydrogen-bond acceptors (Lipinski definition) is 5. The van der Waals surface area contributed by atoms with E-state index in [1.165, 1.54) is 12.4 Å². The van der Waals surface area contributed by atoms with Gasteiger partial charge in [-0.2, -0.15) is 5.10 Å². The van der Waals surface area contributed by atoms with E-state index in [0.29, 0.717) is 34.5 Å². The van der Waals surface area contributed by atoms with Crippen molar-refractivity contribution in [3.8, 4) is 0 Å². The second kappa shape index (κ2) is 7.98. The number of fused-ring (bicyclic) bond motifs is 2. The fourth-order valence-corrected chi connectivity index (χ4v) is 3.55. The zero-order valence-electron chi connectivity index (χ0n) is 17.3. The molecule has 3 heterocycles. The summed E-state index contributed by atoms with van der Waals surface area (Å²) in [5.74, 6) is -0.148. The van der Waals surface area contributed by atoms with Gasteiger partial charge in [0, 0.05) is 11.7 Å². The second-order valence-corrected chi connectivity index (χ2v) is 6.81. The Kier molecular flexibility index (Phi) is 5.63. The van der Waals surface area contributed by atoms with E-state index in [2.05, 4.69) is 15.1 Å². The smallest absolute Gasteiger partial charge is 0.261 e. The molecule has 0 unspecified atom stereocenters. The van der Waals surface area contributed by atoms with E-state index in [-0.39, 0.29) is 17.0 Å². The fourth-order valence-electron chi connectivity index (χ4n) is 3.55.